The van der Waals surface area contributed by atoms with Gasteiger partial charge in [-0.1, -0.05) is 11.8 Å². The van der Waals surface area contributed by atoms with Crippen LogP contribution in [0.15, 0.2) is 43.5 Å². The lowest BCUT2D eigenvalue weighted by Gasteiger charge is -2.04. The van der Waals surface area contributed by atoms with Gasteiger partial charge in [0.2, 0.25) is 17.7 Å². The van der Waals surface area contributed by atoms with E-state index < -0.39 is 17.2 Å². The Morgan fingerprint density at radius 2 is 1.90 bits per heavy atom. The van der Waals surface area contributed by atoms with Gasteiger partial charge in [-0.2, -0.15) is 0 Å². The number of hydrogen-bond donors (Lipinski definition) is 4. The first-order chi connectivity index (χ1) is 13.8. The minimum atomic E-state index is -0.590. The molecule has 0 radical (unpaired) electrons. The maximum atomic E-state index is 12.0. The number of thioether (sulfide) groups is 1. The van der Waals surface area contributed by atoms with E-state index in [-0.39, 0.29) is 29.2 Å². The van der Waals surface area contributed by atoms with Crippen molar-refractivity contribution in [3.8, 4) is 0 Å². The maximum Gasteiger partial charge on any atom is 0.325 e. The van der Waals surface area contributed by atoms with Gasteiger partial charge in [0.25, 0.3) is 10.8 Å². The standard InChI is InChI=1S/C17H16N6O5S/c1-8-11(15(26)21-16(27)19-8)6-13-22-23-17(28-13)29-7-12(24)20-10-4-2-9(3-5-10)14(18)25/h2-5H,6-7H2,1H3,(H2,18,25)(H,20,24)(H2,19,21,26,27). The molecule has 0 aliphatic carbocycles. The molecule has 0 saturated heterocycles. The fourth-order valence-electron chi connectivity index (χ4n) is 2.40. The molecule has 3 rings (SSSR count). The van der Waals surface area contributed by atoms with Crippen molar-refractivity contribution in [1.82, 2.24) is 20.2 Å². The molecule has 0 bridgehead atoms. The summed E-state index contributed by atoms with van der Waals surface area (Å²) in [7, 11) is 0. The van der Waals surface area contributed by atoms with E-state index in [1.54, 1.807) is 19.1 Å². The molecule has 12 heteroatoms. The molecule has 2 amide bonds. The van der Waals surface area contributed by atoms with Gasteiger partial charge in [0.05, 0.1) is 12.2 Å². The number of nitrogens with two attached hydrogens (primary N) is 1. The lowest BCUT2D eigenvalue weighted by atomic mass is 10.2. The van der Waals surface area contributed by atoms with Crippen LogP contribution in [-0.4, -0.2) is 37.7 Å². The number of aromatic amines is 2. The topological polar surface area (TPSA) is 177 Å². The summed E-state index contributed by atoms with van der Waals surface area (Å²) in [5.41, 5.74) is 5.62. The number of H-pyrrole nitrogens is 2. The van der Waals surface area contributed by atoms with Crippen molar-refractivity contribution in [2.45, 2.75) is 18.6 Å². The highest BCUT2D eigenvalue weighted by Crippen LogP contribution is 2.18. The smallest absolute Gasteiger partial charge is 0.325 e. The van der Waals surface area contributed by atoms with Gasteiger partial charge in [-0.15, -0.1) is 10.2 Å². The van der Waals surface area contributed by atoms with Gasteiger partial charge in [-0.25, -0.2) is 4.79 Å². The third-order valence-corrected chi connectivity index (χ3v) is 4.63. The van der Waals surface area contributed by atoms with Crippen LogP contribution in [0.2, 0.25) is 0 Å². The van der Waals surface area contributed by atoms with E-state index in [2.05, 4.69) is 25.5 Å². The summed E-state index contributed by atoms with van der Waals surface area (Å²) >= 11 is 1.03. The van der Waals surface area contributed by atoms with Crippen LogP contribution < -0.4 is 22.3 Å². The number of amides is 2. The number of aryl methyl sites for hydroxylation is 1. The van der Waals surface area contributed by atoms with Gasteiger partial charge in [-0.05, 0) is 31.2 Å². The van der Waals surface area contributed by atoms with Gasteiger partial charge in [-0.3, -0.25) is 19.4 Å². The number of nitrogens with zero attached hydrogens (tertiary/aromatic N) is 2. The van der Waals surface area contributed by atoms with Crippen LogP contribution in [0, 0.1) is 6.92 Å². The number of primary amides is 1. The van der Waals surface area contributed by atoms with Gasteiger partial charge in [0.1, 0.15) is 0 Å². The number of anilines is 1. The minimum Gasteiger partial charge on any atom is -0.416 e. The zero-order valence-electron chi connectivity index (χ0n) is 15.1. The van der Waals surface area contributed by atoms with Crippen molar-refractivity contribution in [1.29, 1.82) is 0 Å². The highest BCUT2D eigenvalue weighted by atomic mass is 32.2. The Morgan fingerprint density at radius 3 is 2.55 bits per heavy atom. The molecule has 2 aromatic heterocycles. The van der Waals surface area contributed by atoms with E-state index in [0.29, 0.717) is 22.5 Å². The summed E-state index contributed by atoms with van der Waals surface area (Å²) in [5, 5.41) is 10.5. The zero-order chi connectivity index (χ0) is 21.0. The van der Waals surface area contributed by atoms with Crippen LogP contribution in [0.3, 0.4) is 0 Å². The van der Waals surface area contributed by atoms with Crippen LogP contribution >= 0.6 is 11.8 Å². The average Bonchev–Trinajstić information content (AvgIpc) is 3.11. The van der Waals surface area contributed by atoms with E-state index in [1.807, 2.05) is 0 Å². The zero-order valence-corrected chi connectivity index (χ0v) is 16.0. The molecule has 0 aliphatic heterocycles. The van der Waals surface area contributed by atoms with Crippen LogP contribution in [0.5, 0.6) is 0 Å². The number of rotatable bonds is 7. The third kappa shape index (κ3) is 5.19. The molecule has 150 valence electrons. The first-order valence-electron chi connectivity index (χ1n) is 8.29. The van der Waals surface area contributed by atoms with Gasteiger partial charge >= 0.3 is 5.69 Å². The summed E-state index contributed by atoms with van der Waals surface area (Å²) in [6.45, 7) is 1.60. The predicted octanol–water partition coefficient (Wildman–Crippen LogP) is 0.175. The third-order valence-electron chi connectivity index (χ3n) is 3.81. The fourth-order valence-corrected chi connectivity index (χ4v) is 2.98. The van der Waals surface area contributed by atoms with Crippen LogP contribution in [-0.2, 0) is 11.2 Å². The van der Waals surface area contributed by atoms with E-state index in [4.69, 9.17) is 10.2 Å². The quantitative estimate of drug-likeness (QED) is 0.394. The van der Waals surface area contributed by atoms with E-state index >= 15 is 0 Å². The Hall–Kier alpha value is -3.67. The van der Waals surface area contributed by atoms with E-state index in [1.165, 1.54) is 12.1 Å². The number of carbonyl (C=O) groups excluding carboxylic acids is 2. The molecule has 0 fully saturated rings. The van der Waals surface area contributed by atoms with Crippen molar-refractivity contribution in [3.05, 3.63) is 67.8 Å². The number of hydrogen-bond acceptors (Lipinski definition) is 8. The molecule has 0 unspecified atom stereocenters. The molecule has 11 nitrogen and oxygen atoms in total. The Labute approximate surface area is 167 Å². The Bertz CT molecular complexity index is 1160. The van der Waals surface area contributed by atoms with Crippen molar-refractivity contribution in [2.75, 3.05) is 11.1 Å². The maximum absolute atomic E-state index is 12.0. The lowest BCUT2D eigenvalue weighted by Crippen LogP contribution is -2.27. The largest absolute Gasteiger partial charge is 0.416 e. The van der Waals surface area contributed by atoms with Gasteiger partial charge < -0.3 is 20.5 Å². The van der Waals surface area contributed by atoms with Crippen molar-refractivity contribution < 1.29 is 14.0 Å². The summed E-state index contributed by atoms with van der Waals surface area (Å²) in [6.07, 6.45) is 0.0456. The Balaban J connectivity index is 1.56. The molecular formula is C17H16N6O5S. The lowest BCUT2D eigenvalue weighted by molar-refractivity contribution is -0.113. The van der Waals surface area contributed by atoms with Crippen LogP contribution in [0.25, 0.3) is 0 Å². The fraction of sp³-hybridized carbons (Fsp3) is 0.176. The monoisotopic (exact) mass is 416 g/mol. The molecule has 0 saturated carbocycles. The summed E-state index contributed by atoms with van der Waals surface area (Å²) in [5.74, 6) is -0.674. The normalized spacial score (nSPS) is 10.7. The molecule has 0 spiro atoms. The van der Waals surface area contributed by atoms with Crippen molar-refractivity contribution in [2.24, 2.45) is 5.73 Å². The summed E-state index contributed by atoms with van der Waals surface area (Å²) in [4.78, 5) is 50.8. The second-order valence-corrected chi connectivity index (χ2v) is 6.86. The van der Waals surface area contributed by atoms with Crippen molar-refractivity contribution in [3.63, 3.8) is 0 Å². The molecule has 2 heterocycles. The van der Waals surface area contributed by atoms with Crippen LogP contribution in [0.1, 0.15) is 27.5 Å². The van der Waals surface area contributed by atoms with Gasteiger partial charge in [0, 0.05) is 22.5 Å². The second-order valence-electron chi connectivity index (χ2n) is 5.93. The number of benzene rings is 1. The van der Waals surface area contributed by atoms with E-state index in [9.17, 15) is 19.2 Å². The molecule has 3 aromatic rings. The first kappa shape index (κ1) is 20.1. The average molecular weight is 416 g/mol. The SMILES string of the molecule is Cc1[nH]c(=O)[nH]c(=O)c1Cc1nnc(SCC(=O)Nc2ccc(C(N)=O)cc2)o1. The first-order valence-corrected chi connectivity index (χ1v) is 9.27. The number of aromatic nitrogens is 4. The molecule has 0 aliphatic rings. The molecule has 0 atom stereocenters. The van der Waals surface area contributed by atoms with Crippen molar-refractivity contribution >= 4 is 29.3 Å². The molecule has 5 N–H and O–H groups in total. The molecular weight excluding hydrogens is 400 g/mol. The summed E-state index contributed by atoms with van der Waals surface area (Å²) < 4.78 is 5.44. The van der Waals surface area contributed by atoms with Gasteiger partial charge in [0.15, 0.2) is 0 Å². The number of carbonyl (C=O) groups is 2. The highest BCUT2D eigenvalue weighted by molar-refractivity contribution is 7.99. The van der Waals surface area contributed by atoms with Crippen LogP contribution in [0.4, 0.5) is 5.69 Å². The van der Waals surface area contributed by atoms with E-state index in [0.717, 1.165) is 11.8 Å². The highest BCUT2D eigenvalue weighted by Gasteiger charge is 2.14. The summed E-state index contributed by atoms with van der Waals surface area (Å²) in [6, 6.07) is 6.15. The molecule has 1 aromatic carbocycles. The molecule has 29 heavy (non-hydrogen) atoms. The second kappa shape index (κ2) is 8.56. The Morgan fingerprint density at radius 1 is 1.17 bits per heavy atom. The number of nitrogens with one attached hydrogen (secondary N) is 3. The Kier molecular flexibility index (Phi) is 5.93. The minimum absolute atomic E-state index is 0.0114. The predicted molar refractivity (Wildman–Crippen MR) is 104 cm³/mol.